The number of nitriles is 1. The molecule has 0 aliphatic carbocycles. The maximum Gasteiger partial charge on any atom is 0.241 e. The molecule has 6 heteroatoms. The van der Waals surface area contributed by atoms with Crippen molar-refractivity contribution in [1.82, 2.24) is 4.90 Å². The number of phenols is 1. The molecule has 1 aliphatic rings. The summed E-state index contributed by atoms with van der Waals surface area (Å²) < 4.78 is 0. The summed E-state index contributed by atoms with van der Waals surface area (Å²) >= 11 is 0. The van der Waals surface area contributed by atoms with Crippen molar-refractivity contribution in [3.63, 3.8) is 0 Å². The van der Waals surface area contributed by atoms with Gasteiger partial charge in [0.1, 0.15) is 5.75 Å². The molecule has 1 heterocycles. The van der Waals surface area contributed by atoms with E-state index in [1.807, 2.05) is 19.1 Å². The number of aromatic hydroxyl groups is 1. The first-order valence-electron chi connectivity index (χ1n) is 8.66. The van der Waals surface area contributed by atoms with Gasteiger partial charge in [-0.1, -0.05) is 0 Å². The van der Waals surface area contributed by atoms with Crippen LogP contribution in [-0.2, 0) is 4.79 Å². The molecular formula is C20H22N4O2. The number of phenolic OH excluding ortho intramolecular Hbond substituents is 1. The van der Waals surface area contributed by atoms with Crippen molar-refractivity contribution in [2.75, 3.05) is 36.4 Å². The standard InChI is InChI=1S/C20H22N4O2/c1-15(20(26)22-17-4-2-16(14-21)3-5-17)23-10-12-24(13-11-23)18-6-8-19(25)9-7-18/h2-9,15,25H,10-13H2,1H3,(H,22,26). The Labute approximate surface area is 153 Å². The van der Waals surface area contributed by atoms with Crippen LogP contribution in [0.4, 0.5) is 11.4 Å². The third kappa shape index (κ3) is 4.13. The second-order valence-electron chi connectivity index (χ2n) is 6.39. The Morgan fingerprint density at radius 3 is 2.27 bits per heavy atom. The summed E-state index contributed by atoms with van der Waals surface area (Å²) in [7, 11) is 0. The molecule has 3 rings (SSSR count). The van der Waals surface area contributed by atoms with E-state index in [9.17, 15) is 9.90 Å². The maximum atomic E-state index is 12.5. The first-order chi connectivity index (χ1) is 12.6. The number of nitrogens with one attached hydrogen (secondary N) is 1. The van der Waals surface area contributed by atoms with Crippen LogP contribution in [0.15, 0.2) is 48.5 Å². The number of anilines is 2. The molecule has 1 aliphatic heterocycles. The van der Waals surface area contributed by atoms with Crippen LogP contribution in [0.3, 0.4) is 0 Å². The fourth-order valence-corrected chi connectivity index (χ4v) is 3.07. The molecule has 0 bridgehead atoms. The lowest BCUT2D eigenvalue weighted by atomic mass is 10.1. The number of carbonyl (C=O) groups is 1. The number of nitrogens with zero attached hydrogens (tertiary/aromatic N) is 3. The topological polar surface area (TPSA) is 79.6 Å². The van der Waals surface area contributed by atoms with E-state index in [4.69, 9.17) is 5.26 Å². The normalized spacial score (nSPS) is 15.9. The molecule has 6 nitrogen and oxygen atoms in total. The number of benzene rings is 2. The van der Waals surface area contributed by atoms with Gasteiger partial charge in [0.2, 0.25) is 5.91 Å². The highest BCUT2D eigenvalue weighted by molar-refractivity contribution is 5.94. The van der Waals surface area contributed by atoms with Crippen LogP contribution in [-0.4, -0.2) is 48.1 Å². The van der Waals surface area contributed by atoms with E-state index in [1.54, 1.807) is 36.4 Å². The van der Waals surface area contributed by atoms with E-state index in [0.29, 0.717) is 11.3 Å². The number of piperazine rings is 1. The van der Waals surface area contributed by atoms with Crippen LogP contribution < -0.4 is 10.2 Å². The van der Waals surface area contributed by atoms with Crippen LogP contribution in [0, 0.1) is 11.3 Å². The summed E-state index contributed by atoms with van der Waals surface area (Å²) in [6.45, 7) is 5.17. The summed E-state index contributed by atoms with van der Waals surface area (Å²) in [5.74, 6) is 0.216. The minimum Gasteiger partial charge on any atom is -0.508 e. The van der Waals surface area contributed by atoms with Gasteiger partial charge in [-0.15, -0.1) is 0 Å². The number of hydrogen-bond acceptors (Lipinski definition) is 5. The lowest BCUT2D eigenvalue weighted by Gasteiger charge is -2.38. The summed E-state index contributed by atoms with van der Waals surface area (Å²) in [5.41, 5.74) is 2.35. The molecule has 0 spiro atoms. The Balaban J connectivity index is 1.53. The third-order valence-corrected chi connectivity index (χ3v) is 4.74. The van der Waals surface area contributed by atoms with Gasteiger partial charge in [0.15, 0.2) is 0 Å². The molecule has 0 radical (unpaired) electrons. The number of amides is 1. The van der Waals surface area contributed by atoms with Crippen molar-refractivity contribution in [3.8, 4) is 11.8 Å². The molecule has 1 unspecified atom stereocenters. The molecule has 1 saturated heterocycles. The SMILES string of the molecule is CC(C(=O)Nc1ccc(C#N)cc1)N1CCN(c2ccc(O)cc2)CC1. The van der Waals surface area contributed by atoms with Gasteiger partial charge < -0.3 is 15.3 Å². The summed E-state index contributed by atoms with van der Waals surface area (Å²) in [4.78, 5) is 16.9. The zero-order valence-electron chi connectivity index (χ0n) is 14.7. The quantitative estimate of drug-likeness (QED) is 0.885. The summed E-state index contributed by atoms with van der Waals surface area (Å²) in [6.07, 6.45) is 0. The van der Waals surface area contributed by atoms with Gasteiger partial charge in [0.05, 0.1) is 17.7 Å². The zero-order valence-corrected chi connectivity index (χ0v) is 14.7. The largest absolute Gasteiger partial charge is 0.508 e. The van der Waals surface area contributed by atoms with Gasteiger partial charge in [0.25, 0.3) is 0 Å². The van der Waals surface area contributed by atoms with Crippen LogP contribution in [0.25, 0.3) is 0 Å². The van der Waals surface area contributed by atoms with Crippen LogP contribution >= 0.6 is 0 Å². The first kappa shape index (κ1) is 17.8. The third-order valence-electron chi connectivity index (χ3n) is 4.74. The van der Waals surface area contributed by atoms with Crippen molar-refractivity contribution < 1.29 is 9.90 Å². The molecule has 2 aromatic carbocycles. The molecular weight excluding hydrogens is 328 g/mol. The maximum absolute atomic E-state index is 12.5. The molecule has 2 aromatic rings. The lowest BCUT2D eigenvalue weighted by Crippen LogP contribution is -2.52. The number of rotatable bonds is 4. The van der Waals surface area contributed by atoms with Crippen molar-refractivity contribution in [2.45, 2.75) is 13.0 Å². The molecule has 0 saturated carbocycles. The summed E-state index contributed by atoms with van der Waals surface area (Å²) in [5, 5.41) is 21.1. The van der Waals surface area contributed by atoms with Gasteiger partial charge >= 0.3 is 0 Å². The highest BCUT2D eigenvalue weighted by Gasteiger charge is 2.25. The molecule has 1 amide bonds. The van der Waals surface area contributed by atoms with Crippen LogP contribution in [0.2, 0.25) is 0 Å². The molecule has 2 N–H and O–H groups in total. The van der Waals surface area contributed by atoms with Crippen LogP contribution in [0.1, 0.15) is 12.5 Å². The number of hydrogen-bond donors (Lipinski definition) is 2. The Morgan fingerprint density at radius 1 is 1.08 bits per heavy atom. The minimum absolute atomic E-state index is 0.0483. The molecule has 134 valence electrons. The molecule has 1 atom stereocenters. The Bertz CT molecular complexity index is 788. The fraction of sp³-hybridized carbons (Fsp3) is 0.300. The van der Waals surface area contributed by atoms with Crippen molar-refractivity contribution in [2.24, 2.45) is 0 Å². The fourth-order valence-electron chi connectivity index (χ4n) is 3.07. The Kier molecular flexibility index (Phi) is 5.40. The minimum atomic E-state index is -0.229. The average molecular weight is 350 g/mol. The Morgan fingerprint density at radius 2 is 1.69 bits per heavy atom. The van der Waals surface area contributed by atoms with Gasteiger partial charge in [-0.25, -0.2) is 0 Å². The second kappa shape index (κ2) is 7.89. The summed E-state index contributed by atoms with van der Waals surface area (Å²) in [6, 6.07) is 15.9. The highest BCUT2D eigenvalue weighted by atomic mass is 16.3. The monoisotopic (exact) mass is 350 g/mol. The predicted molar refractivity (Wildman–Crippen MR) is 101 cm³/mol. The van der Waals surface area contributed by atoms with E-state index < -0.39 is 0 Å². The van der Waals surface area contributed by atoms with Gasteiger partial charge in [0, 0.05) is 37.6 Å². The molecule has 1 fully saturated rings. The first-order valence-corrected chi connectivity index (χ1v) is 8.66. The number of carbonyl (C=O) groups excluding carboxylic acids is 1. The van der Waals surface area contributed by atoms with E-state index in [1.165, 1.54) is 0 Å². The van der Waals surface area contributed by atoms with Crippen molar-refractivity contribution >= 4 is 17.3 Å². The molecule has 0 aromatic heterocycles. The Hall–Kier alpha value is -3.04. The van der Waals surface area contributed by atoms with Gasteiger partial charge in [-0.2, -0.15) is 5.26 Å². The van der Waals surface area contributed by atoms with Crippen LogP contribution in [0.5, 0.6) is 5.75 Å². The average Bonchev–Trinajstić information content (AvgIpc) is 2.69. The highest BCUT2D eigenvalue weighted by Crippen LogP contribution is 2.20. The lowest BCUT2D eigenvalue weighted by molar-refractivity contribution is -0.120. The van der Waals surface area contributed by atoms with Crippen molar-refractivity contribution in [3.05, 3.63) is 54.1 Å². The van der Waals surface area contributed by atoms with Gasteiger partial charge in [-0.05, 0) is 55.5 Å². The van der Waals surface area contributed by atoms with E-state index in [-0.39, 0.29) is 17.7 Å². The predicted octanol–water partition coefficient (Wildman–Crippen LogP) is 2.41. The molecule has 26 heavy (non-hydrogen) atoms. The smallest absolute Gasteiger partial charge is 0.241 e. The second-order valence-corrected chi connectivity index (χ2v) is 6.39. The van der Waals surface area contributed by atoms with E-state index in [2.05, 4.69) is 21.2 Å². The van der Waals surface area contributed by atoms with Crippen molar-refractivity contribution in [1.29, 1.82) is 5.26 Å². The van der Waals surface area contributed by atoms with E-state index >= 15 is 0 Å². The van der Waals surface area contributed by atoms with E-state index in [0.717, 1.165) is 31.9 Å². The van der Waals surface area contributed by atoms with Gasteiger partial charge in [-0.3, -0.25) is 9.69 Å². The zero-order chi connectivity index (χ0) is 18.5.